The lowest BCUT2D eigenvalue weighted by atomic mass is 10.0. The number of carbonyl (C=O) groups excluding carboxylic acids is 1. The number of carbonyl (C=O) groups is 1. The van der Waals surface area contributed by atoms with Crippen LogP contribution in [0.1, 0.15) is 21.5 Å². The zero-order chi connectivity index (χ0) is 20.1. The number of rotatable bonds is 5. The molecule has 0 heterocycles. The van der Waals surface area contributed by atoms with E-state index in [9.17, 15) is 9.90 Å². The number of Topliss-reactive ketones (excluding diaryl/α,β-unsaturated/α-hetero) is 1. The maximum atomic E-state index is 13.0. The fourth-order valence-corrected chi connectivity index (χ4v) is 3.12. The maximum absolute atomic E-state index is 13.0. The van der Waals surface area contributed by atoms with Crippen molar-refractivity contribution >= 4 is 28.5 Å². The van der Waals surface area contributed by atoms with Crippen LogP contribution in [0, 0.1) is 0 Å². The molecule has 0 aliphatic rings. The van der Waals surface area contributed by atoms with Crippen LogP contribution in [0.5, 0.6) is 5.75 Å². The van der Waals surface area contributed by atoms with E-state index in [0.29, 0.717) is 16.7 Å². The molecule has 140 valence electrons. The molecule has 0 amide bonds. The minimum atomic E-state index is -0.212. The number of hydrogen-bond donors (Lipinski definition) is 1. The van der Waals surface area contributed by atoms with Gasteiger partial charge in [-0.2, -0.15) is 5.10 Å². The van der Waals surface area contributed by atoms with Crippen molar-refractivity contribution in [1.82, 2.24) is 0 Å². The zero-order valence-corrected chi connectivity index (χ0v) is 15.6. The van der Waals surface area contributed by atoms with E-state index in [1.165, 1.54) is 6.21 Å². The summed E-state index contributed by atoms with van der Waals surface area (Å²) >= 11 is 0. The summed E-state index contributed by atoms with van der Waals surface area (Å²) < 4.78 is 0. The second kappa shape index (κ2) is 8.31. The Kier molecular flexibility index (Phi) is 5.25. The summed E-state index contributed by atoms with van der Waals surface area (Å²) in [6.45, 7) is 0. The van der Waals surface area contributed by atoms with E-state index in [0.717, 1.165) is 10.8 Å². The third kappa shape index (κ3) is 3.96. The average Bonchev–Trinajstić information content (AvgIpc) is 2.79. The number of phenols is 1. The van der Waals surface area contributed by atoms with Crippen LogP contribution in [0.3, 0.4) is 0 Å². The van der Waals surface area contributed by atoms with E-state index in [1.54, 1.807) is 18.2 Å². The Morgan fingerprint density at radius 2 is 1.34 bits per heavy atom. The first-order valence-electron chi connectivity index (χ1n) is 9.21. The fourth-order valence-electron chi connectivity index (χ4n) is 3.12. The third-order valence-electron chi connectivity index (χ3n) is 4.59. The Morgan fingerprint density at radius 3 is 2.07 bits per heavy atom. The molecule has 0 aromatic heterocycles. The monoisotopic (exact) mass is 378 g/mol. The Bertz CT molecular complexity index is 1210. The van der Waals surface area contributed by atoms with Crippen molar-refractivity contribution in [2.45, 2.75) is 0 Å². The first-order valence-corrected chi connectivity index (χ1v) is 9.21. The molecule has 0 aliphatic carbocycles. The molecule has 0 radical (unpaired) electrons. The largest absolute Gasteiger partial charge is 0.507 e. The van der Waals surface area contributed by atoms with Crippen LogP contribution in [0.4, 0.5) is 0 Å². The number of nitrogens with zero attached hydrogens (tertiary/aromatic N) is 2. The van der Waals surface area contributed by atoms with Crippen molar-refractivity contribution in [2.24, 2.45) is 10.2 Å². The van der Waals surface area contributed by atoms with E-state index in [-0.39, 0.29) is 17.2 Å². The van der Waals surface area contributed by atoms with Gasteiger partial charge in [-0.3, -0.25) is 4.79 Å². The number of hydrogen-bond acceptors (Lipinski definition) is 4. The van der Waals surface area contributed by atoms with Gasteiger partial charge in [-0.1, -0.05) is 91.0 Å². The van der Waals surface area contributed by atoms with Crippen LogP contribution in [0.2, 0.25) is 0 Å². The molecule has 4 rings (SSSR count). The predicted octanol–water partition coefficient (Wildman–Crippen LogP) is 5.25. The van der Waals surface area contributed by atoms with E-state index in [2.05, 4.69) is 10.2 Å². The van der Waals surface area contributed by atoms with Crippen LogP contribution in [0.15, 0.2) is 107 Å². The lowest BCUT2D eigenvalue weighted by Gasteiger charge is -2.05. The summed E-state index contributed by atoms with van der Waals surface area (Å²) in [5.41, 5.74) is 2.03. The average molecular weight is 378 g/mol. The molecule has 0 fully saturated rings. The van der Waals surface area contributed by atoms with Crippen LogP contribution in [0.25, 0.3) is 10.8 Å². The molecule has 1 N–H and O–H groups in total. The first kappa shape index (κ1) is 18.3. The standard InChI is InChI=1S/C25H18N2O2/c28-23-16-15-18-9-7-8-14-21(18)22(23)17-26-27-24(19-10-3-1-4-11-19)25(29)20-12-5-2-6-13-20/h1-17,28H/b26-17-,27-24-. The Labute approximate surface area is 168 Å². The molecule has 0 bridgehead atoms. The van der Waals surface area contributed by atoms with Crippen molar-refractivity contribution in [2.75, 3.05) is 0 Å². The van der Waals surface area contributed by atoms with Gasteiger partial charge in [0.25, 0.3) is 0 Å². The number of phenolic OH excluding ortho intramolecular Hbond substituents is 1. The van der Waals surface area contributed by atoms with Gasteiger partial charge in [-0.05, 0) is 16.8 Å². The Morgan fingerprint density at radius 1 is 0.724 bits per heavy atom. The second-order valence-corrected chi connectivity index (χ2v) is 6.47. The summed E-state index contributed by atoms with van der Waals surface area (Å²) in [5, 5.41) is 20.5. The van der Waals surface area contributed by atoms with Crippen LogP contribution in [-0.4, -0.2) is 22.8 Å². The summed E-state index contributed by atoms with van der Waals surface area (Å²) in [5.74, 6) is -0.102. The van der Waals surface area contributed by atoms with E-state index < -0.39 is 0 Å². The number of fused-ring (bicyclic) bond motifs is 1. The highest BCUT2D eigenvalue weighted by Gasteiger charge is 2.16. The van der Waals surface area contributed by atoms with Crippen LogP contribution in [-0.2, 0) is 0 Å². The molecule has 0 unspecified atom stereocenters. The molecule has 0 atom stereocenters. The van der Waals surface area contributed by atoms with Gasteiger partial charge in [-0.25, -0.2) is 0 Å². The summed E-state index contributed by atoms with van der Waals surface area (Å²) in [6, 6.07) is 29.4. The van der Waals surface area contributed by atoms with Gasteiger partial charge in [0.1, 0.15) is 11.5 Å². The lowest BCUT2D eigenvalue weighted by molar-refractivity contribution is 0.106. The molecule has 4 nitrogen and oxygen atoms in total. The van der Waals surface area contributed by atoms with Gasteiger partial charge in [0, 0.05) is 16.7 Å². The maximum Gasteiger partial charge on any atom is 0.213 e. The quantitative estimate of drug-likeness (QED) is 0.293. The van der Waals surface area contributed by atoms with Gasteiger partial charge in [0.2, 0.25) is 5.78 Å². The van der Waals surface area contributed by atoms with Crippen LogP contribution < -0.4 is 0 Å². The van der Waals surface area contributed by atoms with Crippen LogP contribution >= 0.6 is 0 Å². The molecule has 29 heavy (non-hydrogen) atoms. The summed E-state index contributed by atoms with van der Waals surface area (Å²) in [6.07, 6.45) is 1.48. The number of benzene rings is 4. The summed E-state index contributed by atoms with van der Waals surface area (Å²) in [7, 11) is 0. The van der Waals surface area contributed by atoms with Gasteiger partial charge >= 0.3 is 0 Å². The molecule has 4 aromatic rings. The minimum Gasteiger partial charge on any atom is -0.507 e. The molecule has 0 saturated heterocycles. The van der Waals surface area contributed by atoms with Crippen molar-refractivity contribution in [3.63, 3.8) is 0 Å². The van der Waals surface area contributed by atoms with Crippen molar-refractivity contribution in [3.05, 3.63) is 114 Å². The highest BCUT2D eigenvalue weighted by atomic mass is 16.3. The molecule has 4 aromatic carbocycles. The molecule has 0 saturated carbocycles. The van der Waals surface area contributed by atoms with Crippen molar-refractivity contribution < 1.29 is 9.90 Å². The molecule has 4 heteroatoms. The molecular weight excluding hydrogens is 360 g/mol. The smallest absolute Gasteiger partial charge is 0.213 e. The number of aromatic hydroxyl groups is 1. The lowest BCUT2D eigenvalue weighted by Crippen LogP contribution is -2.15. The van der Waals surface area contributed by atoms with Gasteiger partial charge in [-0.15, -0.1) is 5.10 Å². The molecular formula is C25H18N2O2. The Hall–Kier alpha value is -4.05. The van der Waals surface area contributed by atoms with E-state index in [4.69, 9.17) is 0 Å². The Balaban J connectivity index is 1.77. The zero-order valence-electron chi connectivity index (χ0n) is 15.6. The van der Waals surface area contributed by atoms with Gasteiger partial charge < -0.3 is 5.11 Å². The highest BCUT2D eigenvalue weighted by molar-refractivity contribution is 6.51. The first-order chi connectivity index (χ1) is 14.2. The third-order valence-corrected chi connectivity index (χ3v) is 4.59. The fraction of sp³-hybridized carbons (Fsp3) is 0. The van der Waals surface area contributed by atoms with E-state index in [1.807, 2.05) is 78.9 Å². The minimum absolute atomic E-state index is 0.110. The number of ketones is 1. The van der Waals surface area contributed by atoms with E-state index >= 15 is 0 Å². The molecule has 0 spiro atoms. The van der Waals surface area contributed by atoms with Crippen molar-refractivity contribution in [1.29, 1.82) is 0 Å². The topological polar surface area (TPSA) is 62.0 Å². The second-order valence-electron chi connectivity index (χ2n) is 6.47. The predicted molar refractivity (Wildman–Crippen MR) is 117 cm³/mol. The van der Waals surface area contributed by atoms with Gasteiger partial charge in [0.15, 0.2) is 0 Å². The van der Waals surface area contributed by atoms with Crippen molar-refractivity contribution in [3.8, 4) is 5.75 Å². The SMILES string of the molecule is O=C(/C(=N\N=C/c1c(O)ccc2ccccc12)c1ccccc1)c1ccccc1. The molecule has 0 aliphatic heterocycles. The highest BCUT2D eigenvalue weighted by Crippen LogP contribution is 2.25. The summed E-state index contributed by atoms with van der Waals surface area (Å²) in [4.78, 5) is 13.0. The van der Waals surface area contributed by atoms with Gasteiger partial charge in [0.05, 0.1) is 6.21 Å². The normalized spacial score (nSPS) is 11.8.